The molecule has 5 nitrogen and oxygen atoms in total. The summed E-state index contributed by atoms with van der Waals surface area (Å²) in [6.07, 6.45) is 0.0258. The highest BCUT2D eigenvalue weighted by molar-refractivity contribution is 6.33. The normalized spacial score (nSPS) is 11.5. The van der Waals surface area contributed by atoms with Crippen LogP contribution in [0, 0.1) is 0 Å². The van der Waals surface area contributed by atoms with Gasteiger partial charge in [0.15, 0.2) is 0 Å². The molecule has 1 atom stereocenters. The van der Waals surface area contributed by atoms with Gasteiger partial charge in [0.2, 0.25) is 0 Å². The number of benzene rings is 2. The zero-order valence-corrected chi connectivity index (χ0v) is 15.6. The summed E-state index contributed by atoms with van der Waals surface area (Å²) in [6, 6.07) is 13.5. The van der Waals surface area contributed by atoms with E-state index in [4.69, 9.17) is 21.1 Å². The van der Waals surface area contributed by atoms with Gasteiger partial charge in [0.05, 0.1) is 36.3 Å². The van der Waals surface area contributed by atoms with Gasteiger partial charge >= 0.3 is 5.97 Å². The van der Waals surface area contributed by atoms with E-state index in [1.54, 1.807) is 43.3 Å². The Labute approximate surface area is 158 Å². The Balaban J connectivity index is 2.21. The predicted octanol–water partition coefficient (Wildman–Crippen LogP) is 4.16. The molecule has 0 heterocycles. The van der Waals surface area contributed by atoms with Crippen molar-refractivity contribution in [1.82, 2.24) is 5.32 Å². The van der Waals surface area contributed by atoms with Crippen molar-refractivity contribution >= 4 is 23.5 Å². The summed E-state index contributed by atoms with van der Waals surface area (Å²) in [5.41, 5.74) is 1.14. The summed E-state index contributed by atoms with van der Waals surface area (Å²) >= 11 is 6.09. The summed E-state index contributed by atoms with van der Waals surface area (Å²) in [6.45, 7) is 4.50. The van der Waals surface area contributed by atoms with E-state index in [1.165, 1.54) is 0 Å². The Kier molecular flexibility index (Phi) is 7.48. The van der Waals surface area contributed by atoms with Gasteiger partial charge in [0.1, 0.15) is 5.75 Å². The van der Waals surface area contributed by atoms with Gasteiger partial charge in [-0.2, -0.15) is 0 Å². The Bertz CT molecular complexity index is 746. The van der Waals surface area contributed by atoms with Gasteiger partial charge in [-0.25, -0.2) is 0 Å². The van der Waals surface area contributed by atoms with Crippen LogP contribution in [-0.4, -0.2) is 25.1 Å². The van der Waals surface area contributed by atoms with Gasteiger partial charge in [0.25, 0.3) is 5.91 Å². The lowest BCUT2D eigenvalue weighted by Crippen LogP contribution is -2.30. The lowest BCUT2D eigenvalue weighted by Gasteiger charge is -2.19. The van der Waals surface area contributed by atoms with E-state index in [9.17, 15) is 9.59 Å². The van der Waals surface area contributed by atoms with Crippen LogP contribution in [0.2, 0.25) is 5.02 Å². The molecule has 0 aliphatic heterocycles. The van der Waals surface area contributed by atoms with Crippen LogP contribution in [0.25, 0.3) is 0 Å². The fourth-order valence-electron chi connectivity index (χ4n) is 2.48. The van der Waals surface area contributed by atoms with E-state index in [1.807, 2.05) is 19.1 Å². The van der Waals surface area contributed by atoms with Crippen molar-refractivity contribution in [1.29, 1.82) is 0 Å². The summed E-state index contributed by atoms with van der Waals surface area (Å²) in [4.78, 5) is 24.5. The highest BCUT2D eigenvalue weighted by Gasteiger charge is 2.21. The highest BCUT2D eigenvalue weighted by Crippen LogP contribution is 2.23. The van der Waals surface area contributed by atoms with Crippen LogP contribution in [0.3, 0.4) is 0 Å². The summed E-state index contributed by atoms with van der Waals surface area (Å²) < 4.78 is 10.5. The van der Waals surface area contributed by atoms with Crippen LogP contribution in [-0.2, 0) is 9.53 Å². The van der Waals surface area contributed by atoms with Gasteiger partial charge in [-0.15, -0.1) is 0 Å². The second-order valence-electron chi connectivity index (χ2n) is 5.52. The molecule has 1 amide bonds. The topological polar surface area (TPSA) is 64.6 Å². The van der Waals surface area contributed by atoms with Crippen molar-refractivity contribution in [2.75, 3.05) is 13.2 Å². The molecule has 6 heteroatoms. The minimum absolute atomic E-state index is 0.0258. The Morgan fingerprint density at radius 1 is 1.04 bits per heavy atom. The van der Waals surface area contributed by atoms with E-state index in [2.05, 4.69) is 5.32 Å². The smallest absolute Gasteiger partial charge is 0.308 e. The van der Waals surface area contributed by atoms with E-state index >= 15 is 0 Å². The molecular weight excluding hydrogens is 354 g/mol. The van der Waals surface area contributed by atoms with E-state index < -0.39 is 6.04 Å². The highest BCUT2D eigenvalue weighted by atomic mass is 35.5. The third-order valence-electron chi connectivity index (χ3n) is 3.69. The van der Waals surface area contributed by atoms with Gasteiger partial charge in [-0.05, 0) is 43.7 Å². The number of rotatable bonds is 8. The molecule has 0 saturated carbocycles. The molecular formula is C20H22ClNO4. The molecule has 0 saturated heterocycles. The lowest BCUT2D eigenvalue weighted by molar-refractivity contribution is -0.143. The van der Waals surface area contributed by atoms with Crippen molar-refractivity contribution in [3.05, 3.63) is 64.7 Å². The zero-order chi connectivity index (χ0) is 18.9. The van der Waals surface area contributed by atoms with Crippen LogP contribution in [0.5, 0.6) is 5.75 Å². The number of amides is 1. The molecule has 2 aromatic rings. The largest absolute Gasteiger partial charge is 0.494 e. The maximum absolute atomic E-state index is 12.6. The predicted molar refractivity (Wildman–Crippen MR) is 101 cm³/mol. The monoisotopic (exact) mass is 375 g/mol. The van der Waals surface area contributed by atoms with Crippen LogP contribution < -0.4 is 10.1 Å². The maximum atomic E-state index is 12.6. The second-order valence-corrected chi connectivity index (χ2v) is 5.92. The molecule has 0 aliphatic carbocycles. The van der Waals surface area contributed by atoms with Crippen molar-refractivity contribution in [2.45, 2.75) is 26.3 Å². The first-order valence-electron chi connectivity index (χ1n) is 8.48. The van der Waals surface area contributed by atoms with Gasteiger partial charge < -0.3 is 14.8 Å². The fraction of sp³-hybridized carbons (Fsp3) is 0.300. The Morgan fingerprint density at radius 2 is 1.73 bits per heavy atom. The number of carbonyl (C=O) groups is 2. The van der Waals surface area contributed by atoms with Gasteiger partial charge in [-0.1, -0.05) is 35.9 Å². The maximum Gasteiger partial charge on any atom is 0.308 e. The van der Waals surface area contributed by atoms with E-state index in [0.29, 0.717) is 17.2 Å². The molecule has 2 rings (SSSR count). The van der Waals surface area contributed by atoms with Crippen molar-refractivity contribution in [3.63, 3.8) is 0 Å². The standard InChI is InChI=1S/C20H22ClNO4/c1-3-25-15-11-9-14(10-12-15)18(13-19(23)26-4-2)22-20(24)16-7-5-6-8-17(16)21/h5-12,18H,3-4,13H2,1-2H3,(H,22,24)/t18-/m0/s1. The lowest BCUT2D eigenvalue weighted by atomic mass is 10.0. The first kappa shape index (κ1) is 19.8. The molecule has 1 N–H and O–H groups in total. The summed E-state index contributed by atoms with van der Waals surface area (Å²) in [5, 5.41) is 3.22. The van der Waals surface area contributed by atoms with E-state index in [-0.39, 0.29) is 24.9 Å². The molecule has 0 unspecified atom stereocenters. The molecule has 0 aliphatic rings. The molecule has 0 radical (unpaired) electrons. The van der Waals surface area contributed by atoms with E-state index in [0.717, 1.165) is 11.3 Å². The first-order chi connectivity index (χ1) is 12.5. The quantitative estimate of drug-likeness (QED) is 0.703. The average molecular weight is 376 g/mol. The second kappa shape index (κ2) is 9.82. The first-order valence-corrected chi connectivity index (χ1v) is 8.86. The molecule has 26 heavy (non-hydrogen) atoms. The molecule has 0 spiro atoms. The molecule has 0 aromatic heterocycles. The number of ether oxygens (including phenoxy) is 2. The van der Waals surface area contributed by atoms with Crippen molar-refractivity contribution < 1.29 is 19.1 Å². The summed E-state index contributed by atoms with van der Waals surface area (Å²) in [5.74, 6) is -0.00630. The third-order valence-corrected chi connectivity index (χ3v) is 4.02. The SMILES string of the molecule is CCOC(=O)C[C@H](NC(=O)c1ccccc1Cl)c1ccc(OCC)cc1. The molecule has 138 valence electrons. The van der Waals surface area contributed by atoms with Crippen LogP contribution in [0.15, 0.2) is 48.5 Å². The minimum Gasteiger partial charge on any atom is -0.494 e. The Morgan fingerprint density at radius 3 is 2.35 bits per heavy atom. The number of carbonyl (C=O) groups excluding carboxylic acids is 2. The Hall–Kier alpha value is -2.53. The van der Waals surface area contributed by atoms with Crippen LogP contribution >= 0.6 is 11.6 Å². The summed E-state index contributed by atoms with van der Waals surface area (Å²) in [7, 11) is 0. The van der Waals surface area contributed by atoms with Crippen LogP contribution in [0.1, 0.15) is 42.2 Å². The minimum atomic E-state index is -0.534. The van der Waals surface area contributed by atoms with Crippen LogP contribution in [0.4, 0.5) is 0 Å². The average Bonchev–Trinajstić information content (AvgIpc) is 2.62. The van der Waals surface area contributed by atoms with Gasteiger partial charge in [-0.3, -0.25) is 9.59 Å². The zero-order valence-electron chi connectivity index (χ0n) is 14.8. The fourth-order valence-corrected chi connectivity index (χ4v) is 2.70. The van der Waals surface area contributed by atoms with Crippen molar-refractivity contribution in [2.24, 2.45) is 0 Å². The molecule has 0 bridgehead atoms. The number of halogens is 1. The molecule has 0 fully saturated rings. The number of hydrogen-bond donors (Lipinski definition) is 1. The molecule has 2 aromatic carbocycles. The van der Waals surface area contributed by atoms with Gasteiger partial charge in [0, 0.05) is 0 Å². The number of nitrogens with one attached hydrogen (secondary N) is 1. The number of esters is 1. The number of hydrogen-bond acceptors (Lipinski definition) is 4. The van der Waals surface area contributed by atoms with Crippen molar-refractivity contribution in [3.8, 4) is 5.75 Å². The third kappa shape index (κ3) is 5.49.